The summed E-state index contributed by atoms with van der Waals surface area (Å²) >= 11 is 5.09. The van der Waals surface area contributed by atoms with Gasteiger partial charge < -0.3 is 0 Å². The third kappa shape index (κ3) is 4.64. The lowest BCUT2D eigenvalue weighted by atomic mass is 9.79. The van der Waals surface area contributed by atoms with Gasteiger partial charge in [0.15, 0.2) is 0 Å². The number of ketones is 1. The van der Waals surface area contributed by atoms with Crippen molar-refractivity contribution in [2.75, 3.05) is 5.75 Å². The van der Waals surface area contributed by atoms with Gasteiger partial charge in [0.25, 0.3) is 0 Å². The Balaban J connectivity index is 1.77. The maximum Gasteiger partial charge on any atom is 0.146 e. The van der Waals surface area contributed by atoms with E-state index in [4.69, 9.17) is 0 Å². The van der Waals surface area contributed by atoms with Gasteiger partial charge in [-0.2, -0.15) is 0 Å². The highest BCUT2D eigenvalue weighted by molar-refractivity contribution is 9.10. The fourth-order valence-electron chi connectivity index (χ4n) is 2.70. The van der Waals surface area contributed by atoms with E-state index in [1.165, 1.54) is 24.2 Å². The molecule has 0 radical (unpaired) electrons. The van der Waals surface area contributed by atoms with Gasteiger partial charge in [0.2, 0.25) is 0 Å². The van der Waals surface area contributed by atoms with Crippen LogP contribution >= 0.6 is 27.7 Å². The number of hydrogen-bond donors (Lipinski definition) is 0. The van der Waals surface area contributed by atoms with Crippen LogP contribution in [0, 0.1) is 11.8 Å². The molecule has 0 heterocycles. The quantitative estimate of drug-likeness (QED) is 0.674. The van der Waals surface area contributed by atoms with Crippen LogP contribution in [0.15, 0.2) is 33.6 Å². The molecule has 0 aliphatic heterocycles. The van der Waals surface area contributed by atoms with E-state index in [1.54, 1.807) is 11.8 Å². The van der Waals surface area contributed by atoms with Crippen molar-refractivity contribution in [1.29, 1.82) is 0 Å². The number of hydrogen-bond acceptors (Lipinski definition) is 2. The maximum atomic E-state index is 12.2. The summed E-state index contributed by atoms with van der Waals surface area (Å²) in [5.74, 6) is 2.26. The van der Waals surface area contributed by atoms with Crippen LogP contribution in [0.5, 0.6) is 0 Å². The van der Waals surface area contributed by atoms with Crippen LogP contribution in [-0.2, 0) is 4.79 Å². The third-order valence-corrected chi connectivity index (χ3v) is 5.64. The molecule has 1 fully saturated rings. The molecule has 1 aromatic carbocycles. The highest BCUT2D eigenvalue weighted by atomic mass is 79.9. The van der Waals surface area contributed by atoms with Crippen molar-refractivity contribution >= 4 is 33.5 Å². The van der Waals surface area contributed by atoms with Gasteiger partial charge in [-0.25, -0.2) is 0 Å². The highest BCUT2D eigenvalue weighted by Gasteiger charge is 2.25. The number of carbonyl (C=O) groups is 1. The van der Waals surface area contributed by atoms with Crippen LogP contribution < -0.4 is 0 Å². The van der Waals surface area contributed by atoms with Gasteiger partial charge in [-0.1, -0.05) is 29.3 Å². The van der Waals surface area contributed by atoms with Crippen LogP contribution in [0.1, 0.15) is 39.0 Å². The van der Waals surface area contributed by atoms with E-state index in [2.05, 4.69) is 35.0 Å². The number of thioether (sulfide) groups is 1. The third-order valence-electron chi connectivity index (χ3n) is 4.07. The molecule has 1 nitrogen and oxygen atoms in total. The zero-order valence-corrected chi connectivity index (χ0v) is 13.8. The van der Waals surface area contributed by atoms with E-state index in [9.17, 15) is 4.79 Å². The second-order valence-electron chi connectivity index (χ2n) is 5.33. The summed E-state index contributed by atoms with van der Waals surface area (Å²) in [6.07, 6.45) is 5.98. The maximum absolute atomic E-state index is 12.2. The van der Waals surface area contributed by atoms with E-state index >= 15 is 0 Å². The second kappa shape index (κ2) is 7.49. The zero-order chi connectivity index (χ0) is 13.7. The highest BCUT2D eigenvalue weighted by Crippen LogP contribution is 2.32. The van der Waals surface area contributed by atoms with Crippen molar-refractivity contribution in [3.63, 3.8) is 0 Å². The second-order valence-corrected chi connectivity index (χ2v) is 7.30. The van der Waals surface area contributed by atoms with E-state index in [0.29, 0.717) is 17.5 Å². The Morgan fingerprint density at radius 1 is 1.21 bits per heavy atom. The van der Waals surface area contributed by atoms with Gasteiger partial charge in [0, 0.05) is 15.3 Å². The van der Waals surface area contributed by atoms with Crippen LogP contribution in [-0.4, -0.2) is 11.5 Å². The molecule has 0 unspecified atom stereocenters. The van der Waals surface area contributed by atoms with Crippen LogP contribution in [0.2, 0.25) is 0 Å². The Morgan fingerprint density at radius 2 is 1.84 bits per heavy atom. The Bertz CT molecular complexity index is 407. The molecule has 0 atom stereocenters. The van der Waals surface area contributed by atoms with Crippen molar-refractivity contribution in [2.45, 2.75) is 43.9 Å². The zero-order valence-electron chi connectivity index (χ0n) is 11.4. The predicted octanol–water partition coefficient (Wildman–Crippen LogP) is 5.33. The first-order chi connectivity index (χ1) is 9.19. The van der Waals surface area contributed by atoms with Crippen molar-refractivity contribution in [3.8, 4) is 0 Å². The molecule has 0 aromatic heterocycles. The van der Waals surface area contributed by atoms with Crippen molar-refractivity contribution < 1.29 is 4.79 Å². The molecule has 1 aliphatic rings. The van der Waals surface area contributed by atoms with Gasteiger partial charge in [-0.15, -0.1) is 11.8 Å². The average Bonchev–Trinajstić information content (AvgIpc) is 2.46. The molecule has 2 rings (SSSR count). The lowest BCUT2D eigenvalue weighted by molar-refractivity contribution is -0.121. The Morgan fingerprint density at radius 3 is 2.42 bits per heavy atom. The number of carbonyl (C=O) groups excluding carboxylic acids is 1. The summed E-state index contributed by atoms with van der Waals surface area (Å²) in [4.78, 5) is 13.4. The number of Topliss-reactive ketones (excluding diaryl/α,β-unsaturated/α-hetero) is 1. The lowest BCUT2D eigenvalue weighted by Gasteiger charge is -2.26. The summed E-state index contributed by atoms with van der Waals surface area (Å²) in [6, 6.07) is 8.19. The van der Waals surface area contributed by atoms with Gasteiger partial charge in [-0.3, -0.25) is 4.79 Å². The summed E-state index contributed by atoms with van der Waals surface area (Å²) < 4.78 is 1.08. The van der Waals surface area contributed by atoms with Gasteiger partial charge in [-0.05, 0) is 55.9 Å². The topological polar surface area (TPSA) is 17.1 Å². The minimum absolute atomic E-state index is 0.325. The van der Waals surface area contributed by atoms with Crippen LogP contribution in [0.4, 0.5) is 0 Å². The van der Waals surface area contributed by atoms with Crippen molar-refractivity contribution in [2.24, 2.45) is 11.8 Å². The summed E-state index contributed by atoms with van der Waals surface area (Å²) in [7, 11) is 0. The van der Waals surface area contributed by atoms with Gasteiger partial charge >= 0.3 is 0 Å². The average molecular weight is 341 g/mol. The van der Waals surface area contributed by atoms with Crippen LogP contribution in [0.25, 0.3) is 0 Å². The minimum atomic E-state index is 0.325. The number of halogens is 1. The summed E-state index contributed by atoms with van der Waals surface area (Å²) in [5.41, 5.74) is 0. The smallest absolute Gasteiger partial charge is 0.146 e. The van der Waals surface area contributed by atoms with Crippen LogP contribution in [0.3, 0.4) is 0 Å². The Hall–Kier alpha value is -0.280. The van der Waals surface area contributed by atoms with E-state index in [1.807, 2.05) is 12.1 Å². The molecular weight excluding hydrogens is 320 g/mol. The minimum Gasteiger partial charge on any atom is -0.298 e. The standard InChI is InChI=1S/C16H21BrOS/c1-2-12-3-5-13(6-4-12)16(18)11-19-15-9-7-14(17)8-10-15/h7-10,12-13H,2-6,11H2,1H3. The Labute approximate surface area is 128 Å². The monoisotopic (exact) mass is 340 g/mol. The number of rotatable bonds is 5. The van der Waals surface area contributed by atoms with Gasteiger partial charge in [0.05, 0.1) is 5.75 Å². The summed E-state index contributed by atoms with van der Waals surface area (Å²) in [5, 5.41) is 0. The van der Waals surface area contributed by atoms with E-state index in [0.717, 1.165) is 23.2 Å². The van der Waals surface area contributed by atoms with Gasteiger partial charge in [0.1, 0.15) is 5.78 Å². The molecule has 1 saturated carbocycles. The first-order valence-electron chi connectivity index (χ1n) is 7.10. The van der Waals surface area contributed by atoms with Crippen molar-refractivity contribution in [3.05, 3.63) is 28.7 Å². The Kier molecular flexibility index (Phi) is 5.96. The summed E-state index contributed by atoms with van der Waals surface area (Å²) in [6.45, 7) is 2.26. The molecule has 19 heavy (non-hydrogen) atoms. The molecule has 1 aromatic rings. The fraction of sp³-hybridized carbons (Fsp3) is 0.562. The molecule has 0 saturated heterocycles. The molecule has 1 aliphatic carbocycles. The molecule has 0 bridgehead atoms. The normalized spacial score (nSPS) is 23.3. The first kappa shape index (κ1) is 15.1. The predicted molar refractivity (Wildman–Crippen MR) is 85.6 cm³/mol. The SMILES string of the molecule is CCC1CCC(C(=O)CSc2ccc(Br)cc2)CC1. The fourth-order valence-corrected chi connectivity index (χ4v) is 3.83. The lowest BCUT2D eigenvalue weighted by Crippen LogP contribution is -2.23. The van der Waals surface area contributed by atoms with E-state index in [-0.39, 0.29) is 0 Å². The first-order valence-corrected chi connectivity index (χ1v) is 8.88. The molecule has 104 valence electrons. The largest absolute Gasteiger partial charge is 0.298 e. The molecule has 3 heteroatoms. The number of benzene rings is 1. The molecular formula is C16H21BrOS. The molecule has 0 spiro atoms. The van der Waals surface area contributed by atoms with Crippen molar-refractivity contribution in [1.82, 2.24) is 0 Å². The van der Waals surface area contributed by atoms with E-state index < -0.39 is 0 Å². The molecule has 0 amide bonds. The molecule has 0 N–H and O–H groups in total.